The molecule has 9 aromatic rings. The normalized spacial score (nSPS) is 18.8. The minimum Gasteiger partial charge on any atom is -0.460 e. The number of ether oxygens (including phenoxy) is 1. The predicted molar refractivity (Wildman–Crippen MR) is 235 cm³/mol. The fourth-order valence-electron chi connectivity index (χ4n) is 9.20. The Kier molecular flexibility index (Phi) is 7.37. The molecule has 3 aliphatic rings. The second-order valence-electron chi connectivity index (χ2n) is 15.1. The van der Waals surface area contributed by atoms with Crippen LogP contribution in [0.3, 0.4) is 0 Å². The molecule has 3 atom stereocenters. The van der Waals surface area contributed by atoms with E-state index in [2.05, 4.69) is 185 Å². The van der Waals surface area contributed by atoms with Crippen molar-refractivity contribution >= 4 is 59.2 Å². The van der Waals surface area contributed by atoms with Gasteiger partial charge in [-0.15, -0.1) is 11.3 Å². The molecule has 4 heterocycles. The standard InChI is InChI=1S/C51H36N4OS/c1-3-13-31(14-4-1)49-52-50(32-15-5-2-6-16-32)54-51(53-49)33-25-28-45-42(29-33)39-20-11-19-38(47(39)56-45)41-22-12-21-40-37-27-26-34(30-46(37)57-48(40)41)55-43-23-9-7-17-35(43)36-18-8-10-24-44(36)55/h1-28,30,42,49,51,53H,29H2,(H,52,54). The Labute approximate surface area is 333 Å². The first kappa shape index (κ1) is 32.5. The first-order valence-corrected chi connectivity index (χ1v) is 20.4. The number of benzene rings is 7. The van der Waals surface area contributed by atoms with Gasteiger partial charge in [0.2, 0.25) is 0 Å². The van der Waals surface area contributed by atoms with Gasteiger partial charge in [-0.3, -0.25) is 5.32 Å². The number of allylic oxidation sites excluding steroid dienone is 3. The van der Waals surface area contributed by atoms with Crippen LogP contribution in [0.15, 0.2) is 192 Å². The summed E-state index contributed by atoms with van der Waals surface area (Å²) < 4.78 is 11.8. The zero-order valence-electron chi connectivity index (χ0n) is 30.9. The lowest BCUT2D eigenvalue weighted by Gasteiger charge is -2.35. The highest BCUT2D eigenvalue weighted by molar-refractivity contribution is 7.26. The van der Waals surface area contributed by atoms with Crippen molar-refractivity contribution in [3.05, 3.63) is 204 Å². The van der Waals surface area contributed by atoms with Crippen molar-refractivity contribution in [3.8, 4) is 22.6 Å². The molecule has 0 fully saturated rings. The van der Waals surface area contributed by atoms with Gasteiger partial charge in [0.25, 0.3) is 0 Å². The van der Waals surface area contributed by atoms with Gasteiger partial charge in [-0.1, -0.05) is 146 Å². The molecule has 2 N–H and O–H groups in total. The van der Waals surface area contributed by atoms with E-state index in [1.54, 1.807) is 0 Å². The summed E-state index contributed by atoms with van der Waals surface area (Å²) in [6.07, 6.45) is 5.00. The summed E-state index contributed by atoms with van der Waals surface area (Å²) in [6.45, 7) is 0. The number of thiophene rings is 1. The third-order valence-electron chi connectivity index (χ3n) is 11.9. The maximum atomic E-state index is 6.84. The summed E-state index contributed by atoms with van der Waals surface area (Å²) in [5.41, 5.74) is 10.7. The maximum Gasteiger partial charge on any atom is 0.138 e. The molecular formula is C51H36N4OS. The van der Waals surface area contributed by atoms with Crippen LogP contribution in [-0.2, 0) is 0 Å². The van der Waals surface area contributed by atoms with Crippen molar-refractivity contribution in [2.24, 2.45) is 4.99 Å². The Morgan fingerprint density at radius 1 is 0.632 bits per heavy atom. The quantitative estimate of drug-likeness (QED) is 0.184. The van der Waals surface area contributed by atoms with E-state index in [4.69, 9.17) is 9.73 Å². The molecule has 6 heteroatoms. The maximum absolute atomic E-state index is 6.84. The largest absolute Gasteiger partial charge is 0.460 e. The number of amidine groups is 1. The zero-order chi connectivity index (χ0) is 37.5. The van der Waals surface area contributed by atoms with Crippen molar-refractivity contribution in [2.75, 3.05) is 0 Å². The van der Waals surface area contributed by atoms with Crippen LogP contribution < -0.4 is 15.4 Å². The Balaban J connectivity index is 0.896. The zero-order valence-corrected chi connectivity index (χ0v) is 31.7. The summed E-state index contributed by atoms with van der Waals surface area (Å²) in [7, 11) is 0. The Morgan fingerprint density at radius 3 is 2.14 bits per heavy atom. The van der Waals surface area contributed by atoms with Crippen molar-refractivity contribution < 1.29 is 4.74 Å². The van der Waals surface area contributed by atoms with E-state index in [1.165, 1.54) is 64.4 Å². The van der Waals surface area contributed by atoms with E-state index in [-0.39, 0.29) is 18.2 Å². The van der Waals surface area contributed by atoms with Gasteiger partial charge < -0.3 is 14.6 Å². The molecule has 0 saturated carbocycles. The van der Waals surface area contributed by atoms with E-state index in [1.807, 2.05) is 17.4 Å². The summed E-state index contributed by atoms with van der Waals surface area (Å²) >= 11 is 1.87. The molecule has 272 valence electrons. The molecule has 0 radical (unpaired) electrons. The van der Waals surface area contributed by atoms with E-state index in [0.717, 1.165) is 40.5 Å². The molecule has 1 aliphatic carbocycles. The van der Waals surface area contributed by atoms with Gasteiger partial charge in [-0.2, -0.15) is 0 Å². The lowest BCUT2D eigenvalue weighted by Crippen LogP contribution is -2.52. The van der Waals surface area contributed by atoms with E-state index >= 15 is 0 Å². The lowest BCUT2D eigenvalue weighted by molar-refractivity contribution is 0.401. The molecule has 0 amide bonds. The van der Waals surface area contributed by atoms with Gasteiger partial charge in [0.1, 0.15) is 29.7 Å². The third kappa shape index (κ3) is 5.22. The fraction of sp³-hybridized carbons (Fsp3) is 0.0784. The number of rotatable bonds is 5. The van der Waals surface area contributed by atoms with Crippen LogP contribution in [0.5, 0.6) is 5.75 Å². The summed E-state index contributed by atoms with van der Waals surface area (Å²) in [5.74, 6) is 3.01. The van der Waals surface area contributed by atoms with Gasteiger partial charge in [-0.25, -0.2) is 4.99 Å². The lowest BCUT2D eigenvalue weighted by atomic mass is 9.85. The molecule has 12 rings (SSSR count). The molecule has 3 unspecified atom stereocenters. The minimum absolute atomic E-state index is 0.0901. The van der Waals surface area contributed by atoms with Crippen molar-refractivity contribution in [2.45, 2.75) is 24.7 Å². The molecule has 57 heavy (non-hydrogen) atoms. The topological polar surface area (TPSA) is 50.6 Å². The van der Waals surface area contributed by atoms with Gasteiger partial charge in [0.05, 0.1) is 11.0 Å². The number of nitrogens with zero attached hydrogens (tertiary/aromatic N) is 2. The highest BCUT2D eigenvalue weighted by atomic mass is 32.1. The first-order valence-electron chi connectivity index (χ1n) is 19.6. The minimum atomic E-state index is -0.169. The number of para-hydroxylation sites is 3. The van der Waals surface area contributed by atoms with Crippen LogP contribution in [0.2, 0.25) is 0 Å². The molecule has 7 aromatic carbocycles. The molecule has 2 aliphatic heterocycles. The summed E-state index contributed by atoms with van der Waals surface area (Å²) in [4.78, 5) is 5.12. The smallest absolute Gasteiger partial charge is 0.138 e. The van der Waals surface area contributed by atoms with Crippen LogP contribution in [0.25, 0.3) is 58.8 Å². The molecular weight excluding hydrogens is 717 g/mol. The van der Waals surface area contributed by atoms with Crippen LogP contribution in [0.4, 0.5) is 0 Å². The Hall–Kier alpha value is -6.73. The summed E-state index contributed by atoms with van der Waals surface area (Å²) in [6, 6.07) is 58.7. The monoisotopic (exact) mass is 752 g/mol. The molecule has 5 nitrogen and oxygen atoms in total. The van der Waals surface area contributed by atoms with E-state index < -0.39 is 0 Å². The highest BCUT2D eigenvalue weighted by Gasteiger charge is 2.37. The summed E-state index contributed by atoms with van der Waals surface area (Å²) in [5, 5.41) is 12.6. The molecule has 0 bridgehead atoms. The van der Waals surface area contributed by atoms with Crippen molar-refractivity contribution in [1.29, 1.82) is 0 Å². The number of hydrogen-bond donors (Lipinski definition) is 2. The predicted octanol–water partition coefficient (Wildman–Crippen LogP) is 12.2. The van der Waals surface area contributed by atoms with Crippen LogP contribution >= 0.6 is 11.3 Å². The van der Waals surface area contributed by atoms with Crippen LogP contribution in [-0.4, -0.2) is 16.6 Å². The SMILES string of the molecule is C1=C(C2NC(c3ccccc3)=NC(c3ccccc3)N2)CC2C(=C1)Oc1c(-c3cccc4c3sc3cc(-n5c6ccccc6c6ccccc65)ccc34)cccc12. The van der Waals surface area contributed by atoms with Crippen molar-refractivity contribution in [1.82, 2.24) is 15.2 Å². The van der Waals surface area contributed by atoms with Gasteiger partial charge in [-0.05, 0) is 47.9 Å². The highest BCUT2D eigenvalue weighted by Crippen LogP contribution is 2.52. The molecule has 0 saturated heterocycles. The van der Waals surface area contributed by atoms with E-state index in [9.17, 15) is 0 Å². The number of aromatic nitrogens is 1. The van der Waals surface area contributed by atoms with E-state index in [0.29, 0.717) is 0 Å². The van der Waals surface area contributed by atoms with Gasteiger partial charge >= 0.3 is 0 Å². The van der Waals surface area contributed by atoms with Crippen molar-refractivity contribution in [3.63, 3.8) is 0 Å². The Morgan fingerprint density at radius 2 is 1.33 bits per heavy atom. The fourth-order valence-corrected chi connectivity index (χ4v) is 10.5. The van der Waals surface area contributed by atoms with Crippen LogP contribution in [0, 0.1) is 0 Å². The number of nitrogens with one attached hydrogen (secondary N) is 2. The Bertz CT molecular complexity index is 3100. The van der Waals surface area contributed by atoms with Crippen LogP contribution in [0.1, 0.15) is 35.2 Å². The first-order chi connectivity index (χ1) is 28.2. The number of hydrogen-bond acceptors (Lipinski definition) is 5. The average molecular weight is 753 g/mol. The second-order valence-corrected chi connectivity index (χ2v) is 16.2. The number of fused-ring (bicyclic) bond motifs is 9. The second kappa shape index (κ2) is 12.9. The van der Waals surface area contributed by atoms with Gasteiger partial charge in [0.15, 0.2) is 0 Å². The third-order valence-corrected chi connectivity index (χ3v) is 13.1. The number of aliphatic imine (C=N–C) groups is 1. The molecule has 0 spiro atoms. The molecule has 2 aromatic heterocycles. The average Bonchev–Trinajstić information content (AvgIpc) is 3.96. The van der Waals surface area contributed by atoms with Gasteiger partial charge in [0, 0.05) is 64.8 Å².